The maximum atomic E-state index is 11.5. The number of aromatic nitrogens is 2. The molecule has 0 N–H and O–H groups in total. The molecule has 0 radical (unpaired) electrons. The number of benzene rings is 2. The lowest BCUT2D eigenvalue weighted by atomic mass is 10.0. The number of rotatable bonds is 3. The third-order valence-electron chi connectivity index (χ3n) is 3.97. The van der Waals surface area contributed by atoms with E-state index in [0.29, 0.717) is 11.4 Å². The largest absolute Gasteiger partial charge is 0.543 e. The van der Waals surface area contributed by atoms with Crippen molar-refractivity contribution in [1.82, 2.24) is 9.78 Å². The maximum Gasteiger partial charge on any atom is 0.0934 e. The van der Waals surface area contributed by atoms with Crippen LogP contribution >= 0.6 is 0 Å². The second-order valence-corrected chi connectivity index (χ2v) is 5.75. The van der Waals surface area contributed by atoms with Gasteiger partial charge in [-0.3, -0.25) is 0 Å². The van der Waals surface area contributed by atoms with Crippen LogP contribution in [-0.2, 0) is 0 Å². The number of aromatic carboxylic acids is 1. The van der Waals surface area contributed by atoms with E-state index in [0.717, 1.165) is 16.7 Å². The first kappa shape index (κ1) is 15.0. The van der Waals surface area contributed by atoms with Gasteiger partial charge in [0.2, 0.25) is 0 Å². The molecule has 0 atom stereocenters. The van der Waals surface area contributed by atoms with Crippen LogP contribution in [0.15, 0.2) is 48.5 Å². The van der Waals surface area contributed by atoms with Crippen LogP contribution in [0.5, 0.6) is 0 Å². The lowest BCUT2D eigenvalue weighted by molar-refractivity contribution is -0.255. The van der Waals surface area contributed by atoms with Crippen molar-refractivity contribution in [3.8, 4) is 16.9 Å². The van der Waals surface area contributed by atoms with Crippen molar-refractivity contribution in [1.29, 1.82) is 0 Å². The first-order valence-electron chi connectivity index (χ1n) is 7.42. The molecule has 4 heteroatoms. The Hall–Kier alpha value is -2.88. The zero-order valence-electron chi connectivity index (χ0n) is 13.3. The predicted octanol–water partition coefficient (Wildman–Crippen LogP) is 2.83. The van der Waals surface area contributed by atoms with Crippen LogP contribution in [0.4, 0.5) is 0 Å². The number of aryl methyl sites for hydroxylation is 3. The van der Waals surface area contributed by atoms with E-state index < -0.39 is 5.97 Å². The van der Waals surface area contributed by atoms with Crippen LogP contribution < -0.4 is 5.11 Å². The van der Waals surface area contributed by atoms with E-state index in [4.69, 9.17) is 0 Å². The van der Waals surface area contributed by atoms with E-state index in [2.05, 4.69) is 5.10 Å². The Labute approximate surface area is 135 Å². The molecule has 4 nitrogen and oxygen atoms in total. The summed E-state index contributed by atoms with van der Waals surface area (Å²) in [5, 5.41) is 16.0. The highest BCUT2D eigenvalue weighted by atomic mass is 16.4. The molecule has 0 aliphatic heterocycles. The molecule has 2 aromatic carbocycles. The number of carbonyl (C=O) groups is 1. The second-order valence-electron chi connectivity index (χ2n) is 5.75. The van der Waals surface area contributed by atoms with Crippen molar-refractivity contribution >= 4 is 5.97 Å². The van der Waals surface area contributed by atoms with Gasteiger partial charge in [-0.05, 0) is 61.7 Å². The Balaban J connectivity index is 2.16. The van der Waals surface area contributed by atoms with E-state index in [-0.39, 0.29) is 5.69 Å². The molecular formula is C19H17N2O2-. The Morgan fingerprint density at radius 3 is 2.43 bits per heavy atom. The Morgan fingerprint density at radius 2 is 1.78 bits per heavy atom. The molecule has 0 saturated heterocycles. The van der Waals surface area contributed by atoms with Crippen LogP contribution in [0.3, 0.4) is 0 Å². The average molecular weight is 305 g/mol. The standard InChI is InChI=1S/C19H18N2O2/c1-12-5-4-6-16(9-12)21-18(19(22)23)11-17(20-21)15-8-7-13(2)14(3)10-15/h4-11H,1-3H3,(H,22,23)/p-1. The summed E-state index contributed by atoms with van der Waals surface area (Å²) in [7, 11) is 0. The Kier molecular flexibility index (Phi) is 3.74. The fourth-order valence-corrected chi connectivity index (χ4v) is 2.52. The minimum Gasteiger partial charge on any atom is -0.543 e. The van der Waals surface area contributed by atoms with Gasteiger partial charge >= 0.3 is 0 Å². The zero-order chi connectivity index (χ0) is 16.6. The molecule has 0 bridgehead atoms. The highest BCUT2D eigenvalue weighted by Crippen LogP contribution is 2.24. The molecular weight excluding hydrogens is 288 g/mol. The lowest BCUT2D eigenvalue weighted by Gasteiger charge is -2.08. The van der Waals surface area contributed by atoms with Crippen molar-refractivity contribution < 1.29 is 9.90 Å². The number of nitrogens with zero attached hydrogens (tertiary/aromatic N) is 2. The van der Waals surface area contributed by atoms with Crippen LogP contribution in [0.2, 0.25) is 0 Å². The van der Waals surface area contributed by atoms with Gasteiger partial charge in [-0.15, -0.1) is 0 Å². The monoisotopic (exact) mass is 305 g/mol. The summed E-state index contributed by atoms with van der Waals surface area (Å²) in [6, 6.07) is 15.1. The number of hydrogen-bond acceptors (Lipinski definition) is 3. The van der Waals surface area contributed by atoms with E-state index in [1.807, 2.05) is 63.2 Å². The average Bonchev–Trinajstić information content (AvgIpc) is 2.95. The maximum absolute atomic E-state index is 11.5. The van der Waals surface area contributed by atoms with Gasteiger partial charge in [0.1, 0.15) is 0 Å². The molecule has 0 fully saturated rings. The van der Waals surface area contributed by atoms with E-state index in [9.17, 15) is 9.90 Å². The Bertz CT molecular complexity index is 894. The molecule has 0 saturated carbocycles. The first-order valence-corrected chi connectivity index (χ1v) is 7.42. The first-order chi connectivity index (χ1) is 11.0. The number of hydrogen-bond donors (Lipinski definition) is 0. The van der Waals surface area contributed by atoms with Crippen molar-refractivity contribution in [2.45, 2.75) is 20.8 Å². The van der Waals surface area contributed by atoms with E-state index in [1.54, 1.807) is 6.07 Å². The molecule has 0 aliphatic carbocycles. The fraction of sp³-hybridized carbons (Fsp3) is 0.158. The molecule has 0 spiro atoms. The summed E-state index contributed by atoms with van der Waals surface area (Å²) >= 11 is 0. The second kappa shape index (κ2) is 5.72. The van der Waals surface area contributed by atoms with Gasteiger partial charge in [0.25, 0.3) is 0 Å². The minimum atomic E-state index is -1.24. The molecule has 0 amide bonds. The van der Waals surface area contributed by atoms with Gasteiger partial charge in [-0.2, -0.15) is 5.10 Å². The van der Waals surface area contributed by atoms with Gasteiger partial charge in [-0.25, -0.2) is 4.68 Å². The quantitative estimate of drug-likeness (QED) is 0.747. The molecule has 0 aliphatic rings. The summed E-state index contributed by atoms with van der Waals surface area (Å²) in [4.78, 5) is 11.5. The molecule has 1 aromatic heterocycles. The van der Waals surface area contributed by atoms with E-state index >= 15 is 0 Å². The van der Waals surface area contributed by atoms with E-state index in [1.165, 1.54) is 10.2 Å². The van der Waals surface area contributed by atoms with Gasteiger partial charge in [0, 0.05) is 5.56 Å². The smallest absolute Gasteiger partial charge is 0.0934 e. The predicted molar refractivity (Wildman–Crippen MR) is 87.5 cm³/mol. The summed E-state index contributed by atoms with van der Waals surface area (Å²) < 4.78 is 1.42. The Morgan fingerprint density at radius 1 is 1.00 bits per heavy atom. The van der Waals surface area contributed by atoms with Crippen LogP contribution in [0.25, 0.3) is 16.9 Å². The molecule has 116 valence electrons. The lowest BCUT2D eigenvalue weighted by Crippen LogP contribution is -2.25. The van der Waals surface area contributed by atoms with Crippen LogP contribution in [0.1, 0.15) is 27.2 Å². The number of carboxylic acid groups (broad SMARTS) is 1. The highest BCUT2D eigenvalue weighted by Gasteiger charge is 2.12. The van der Waals surface area contributed by atoms with Crippen molar-refractivity contribution in [3.05, 3.63) is 70.9 Å². The zero-order valence-corrected chi connectivity index (χ0v) is 13.3. The minimum absolute atomic E-state index is 0.0452. The molecule has 23 heavy (non-hydrogen) atoms. The van der Waals surface area contributed by atoms with Gasteiger partial charge in [0.05, 0.1) is 23.0 Å². The SMILES string of the molecule is Cc1cccc(-n2nc(-c3ccc(C)c(C)c3)cc2C(=O)[O-])c1. The number of carbonyl (C=O) groups excluding carboxylic acids is 1. The van der Waals surface area contributed by atoms with Gasteiger partial charge in [-0.1, -0.05) is 24.3 Å². The topological polar surface area (TPSA) is 58.0 Å². The van der Waals surface area contributed by atoms with Gasteiger partial charge in [0.15, 0.2) is 0 Å². The molecule has 1 heterocycles. The van der Waals surface area contributed by atoms with Gasteiger partial charge < -0.3 is 9.90 Å². The fourth-order valence-electron chi connectivity index (χ4n) is 2.52. The molecule has 3 aromatic rings. The van der Waals surface area contributed by atoms with Crippen LogP contribution in [0, 0.1) is 20.8 Å². The summed E-state index contributed by atoms with van der Waals surface area (Å²) in [5.41, 5.74) is 5.63. The molecule has 0 unspecified atom stereocenters. The number of carboxylic acids is 1. The third-order valence-corrected chi connectivity index (χ3v) is 3.97. The van der Waals surface area contributed by atoms with Crippen molar-refractivity contribution in [2.75, 3.05) is 0 Å². The van der Waals surface area contributed by atoms with Crippen molar-refractivity contribution in [3.63, 3.8) is 0 Å². The molecule has 3 rings (SSSR count). The summed E-state index contributed by atoms with van der Waals surface area (Å²) in [6.07, 6.45) is 0. The van der Waals surface area contributed by atoms with Crippen LogP contribution in [-0.4, -0.2) is 15.7 Å². The summed E-state index contributed by atoms with van der Waals surface area (Å²) in [5.74, 6) is -1.24. The normalized spacial score (nSPS) is 10.7. The summed E-state index contributed by atoms with van der Waals surface area (Å²) in [6.45, 7) is 6.02. The third kappa shape index (κ3) is 2.88. The highest BCUT2D eigenvalue weighted by molar-refractivity contribution is 5.86. The van der Waals surface area contributed by atoms with Crippen molar-refractivity contribution in [2.24, 2.45) is 0 Å².